The van der Waals surface area contributed by atoms with Crippen LogP contribution in [0.3, 0.4) is 0 Å². The van der Waals surface area contributed by atoms with E-state index < -0.39 is 0 Å². The van der Waals surface area contributed by atoms with Gasteiger partial charge in [0.15, 0.2) is 5.82 Å². The van der Waals surface area contributed by atoms with Crippen molar-refractivity contribution in [2.75, 3.05) is 13.1 Å². The van der Waals surface area contributed by atoms with E-state index in [0.29, 0.717) is 5.82 Å². The maximum absolute atomic E-state index is 10.8. The summed E-state index contributed by atoms with van der Waals surface area (Å²) in [5.41, 5.74) is 13.1. The fourth-order valence-corrected chi connectivity index (χ4v) is 11.5. The van der Waals surface area contributed by atoms with E-state index in [4.69, 9.17) is 30.4 Å². The zero-order chi connectivity index (χ0) is 76.3. The lowest BCUT2D eigenvalue weighted by Gasteiger charge is -2.30. The number of H-pyrrole nitrogens is 1. The molecule has 15 heteroatoms. The van der Waals surface area contributed by atoms with Crippen molar-refractivity contribution in [3.8, 4) is 49.4 Å². The predicted molar refractivity (Wildman–Crippen MR) is 438 cm³/mol. The summed E-state index contributed by atoms with van der Waals surface area (Å²) in [6.07, 6.45) is 43.1. The van der Waals surface area contributed by atoms with Gasteiger partial charge < -0.3 is 9.72 Å². The van der Waals surface area contributed by atoms with Crippen LogP contribution in [0, 0.1) is 71.0 Å². The lowest BCUT2D eigenvalue weighted by molar-refractivity contribution is -0.149. The van der Waals surface area contributed by atoms with Crippen LogP contribution in [-0.4, -0.2) is 71.0 Å². The van der Waals surface area contributed by atoms with Crippen molar-refractivity contribution in [3.05, 3.63) is 157 Å². The number of nitrogens with zero attached hydrogens (tertiary/aromatic N) is 8. The van der Waals surface area contributed by atoms with Gasteiger partial charge in [-0.1, -0.05) is 249 Å². The summed E-state index contributed by atoms with van der Waals surface area (Å²) in [5.74, 6) is 10.6. The van der Waals surface area contributed by atoms with Crippen LogP contribution in [0.1, 0.15) is 254 Å². The van der Waals surface area contributed by atoms with Gasteiger partial charge in [-0.3, -0.25) is 9.98 Å². The fraction of sp³-hybridized carbons (Fsp3) is 0.488. The summed E-state index contributed by atoms with van der Waals surface area (Å²) in [5, 5.41) is 6.21. The molecule has 0 saturated carbocycles. The molecule has 0 saturated heterocycles. The van der Waals surface area contributed by atoms with Crippen molar-refractivity contribution < 1.29 is 9.53 Å². The second-order valence-electron chi connectivity index (χ2n) is 32.9. The highest BCUT2D eigenvalue weighted by Crippen LogP contribution is 2.34. The second-order valence-corrected chi connectivity index (χ2v) is 36.2. The zero-order valence-electron chi connectivity index (χ0n) is 65.2. The van der Waals surface area contributed by atoms with Gasteiger partial charge in [0.25, 0.3) is 0 Å². The molecule has 0 aliphatic carbocycles. The topological polar surface area (TPSA) is 144 Å². The number of aliphatic imine (C=N–C) groups is 3. The highest BCUT2D eigenvalue weighted by atomic mass is 32.1. The molecule has 534 valence electrons. The molecule has 1 N–H and O–H groups in total. The minimum atomic E-state index is -0.212. The molecule has 1 atom stereocenters. The molecule has 0 bridgehead atoms. The van der Waals surface area contributed by atoms with Crippen molar-refractivity contribution in [1.29, 1.82) is 0 Å². The first-order valence-electron chi connectivity index (χ1n) is 33.3. The van der Waals surface area contributed by atoms with E-state index >= 15 is 0 Å². The maximum atomic E-state index is 10.8. The molecular weight excluding hydrogens is 1300 g/mol. The molecule has 1 unspecified atom stereocenters. The molecule has 4 aliphatic heterocycles. The number of rotatable bonds is 4. The standard InChI is InChI=1S/3C10H13N.C9H12N2.4C9H13NS.C9H14O2/c1-5-9-6-8(7-11-9)10(2,3)4;1-5-9-8(6-7-11-9)10(2,3)4;1-5-8-6-7-9(11-8)10(2,3)4;1-5-8-10-6-7(11-8)9(2,3)4;1-5-8-10-7(6-11-8)9(2,3)4;1-5-8-10-6-7(11-8)9(2,3)4;1-5-8-7(6-11-10-8)9(2,3)4;1-5-7-6-8(11-10-7)9(2,3)4;1-9(2,3)7-5-4-6-8(10)11-7/h2*1,6H,7H2,2-4H3;1,7H,6H2,2-4H3;1,6H,2-4H3,(H,10,11);4*5-6H,1H2,2-4H3;4,6-7H,5H2,1-3H3. The van der Waals surface area contributed by atoms with Crippen LogP contribution < -0.4 is 0 Å². The molecule has 0 amide bonds. The summed E-state index contributed by atoms with van der Waals surface area (Å²) in [6, 6.07) is 2.09. The Morgan fingerprint density at radius 3 is 1.54 bits per heavy atom. The Morgan fingerprint density at radius 1 is 0.616 bits per heavy atom. The smallest absolute Gasteiger partial charge is 0.330 e. The highest BCUT2D eigenvalue weighted by molar-refractivity contribution is 7.12. The van der Waals surface area contributed by atoms with Gasteiger partial charge in [-0.05, 0) is 115 Å². The summed E-state index contributed by atoms with van der Waals surface area (Å²) in [6.45, 7) is 74.4. The third-order valence-electron chi connectivity index (χ3n) is 14.6. The first-order chi connectivity index (χ1) is 45.3. The first-order valence-corrected chi connectivity index (χ1v) is 36.6. The van der Waals surface area contributed by atoms with Gasteiger partial charge in [0.05, 0.1) is 35.9 Å². The molecule has 0 fully saturated rings. The average molecular weight is 1410 g/mol. The van der Waals surface area contributed by atoms with E-state index in [9.17, 15) is 4.79 Å². The van der Waals surface area contributed by atoms with E-state index in [1.807, 2.05) is 24.4 Å². The van der Waals surface area contributed by atoms with Crippen molar-refractivity contribution >= 4 is 93.1 Å². The number of thiazole rings is 2. The Bertz CT molecular complexity index is 3730. The van der Waals surface area contributed by atoms with Crippen LogP contribution in [-0.2, 0) is 36.6 Å². The first kappa shape index (κ1) is 89.4. The van der Waals surface area contributed by atoms with E-state index in [1.54, 1.807) is 58.6 Å². The number of carbonyl (C=O) groups is 1. The van der Waals surface area contributed by atoms with Crippen molar-refractivity contribution in [2.45, 2.75) is 233 Å². The molecule has 5 aromatic heterocycles. The van der Waals surface area contributed by atoms with Crippen LogP contribution in [0.15, 0.2) is 118 Å². The van der Waals surface area contributed by atoms with E-state index in [2.05, 4.69) is 310 Å². The van der Waals surface area contributed by atoms with Gasteiger partial charge in [-0.15, -0.1) is 48.4 Å². The lowest BCUT2D eigenvalue weighted by Crippen LogP contribution is -2.32. The summed E-state index contributed by atoms with van der Waals surface area (Å²) in [7, 11) is 0. The summed E-state index contributed by atoms with van der Waals surface area (Å²) in [4.78, 5) is 41.8. The second kappa shape index (κ2) is 38.8. The average Bonchev–Trinajstić information content (AvgIpc) is 1.79. The number of imidazole rings is 1. The molecule has 0 aromatic carbocycles. The highest BCUT2D eigenvalue weighted by Gasteiger charge is 2.29. The number of carbonyl (C=O) groups excluding carboxylic acids is 1. The SMILES string of the molecule is C#CC1=NC(C(C)(C)C)=CC1.C#CC1=NCC(C(C)(C)C)=C1.C#CC1=NCC=C1C(C)(C)C.C#Cc1ncc(C(C)(C)C)[nH]1.C=Cc1cc(C(C)(C)C)sn1.C=Cc1nc(C(C)(C)C)cs1.C=Cc1ncc(C(C)(C)C)s1.C=Cc1nscc1C(C)(C)C.CC(C)(C)C1CC=CC(=O)O1. The lowest BCUT2D eigenvalue weighted by atomic mass is 9.84. The van der Waals surface area contributed by atoms with Crippen LogP contribution in [0.25, 0.3) is 24.3 Å². The van der Waals surface area contributed by atoms with E-state index in [0.717, 1.165) is 81.6 Å². The van der Waals surface area contributed by atoms with Gasteiger partial charge in [-0.25, -0.2) is 24.7 Å². The number of ether oxygens (including phenoxy) is 1. The van der Waals surface area contributed by atoms with Crippen LogP contribution >= 0.6 is 45.7 Å². The minimum Gasteiger partial charge on any atom is -0.458 e. The molecule has 9 heterocycles. The number of hydrogen-bond acceptors (Lipinski definition) is 14. The number of cyclic esters (lactones) is 1. The Labute approximate surface area is 615 Å². The molecule has 99 heavy (non-hydrogen) atoms. The molecule has 0 spiro atoms. The summed E-state index contributed by atoms with van der Waals surface area (Å²) < 4.78 is 13.6. The van der Waals surface area contributed by atoms with Crippen molar-refractivity contribution in [1.82, 2.24) is 28.7 Å². The monoisotopic (exact) mass is 1410 g/mol. The zero-order valence-corrected chi connectivity index (χ0v) is 68.4. The van der Waals surface area contributed by atoms with Gasteiger partial charge in [0, 0.05) is 79.5 Å². The number of hydrogen-bond donors (Lipinski definition) is 1. The molecule has 9 rings (SSSR count). The molecular formula is C84H117N9O2S4. The number of aromatic nitrogens is 6. The maximum Gasteiger partial charge on any atom is 0.330 e. The number of esters is 1. The number of allylic oxidation sites excluding steroid dienone is 4. The normalized spacial score (nSPS) is 14.9. The Morgan fingerprint density at radius 2 is 1.23 bits per heavy atom. The van der Waals surface area contributed by atoms with Crippen molar-refractivity contribution in [3.63, 3.8) is 0 Å². The molecule has 0 radical (unpaired) electrons. The van der Waals surface area contributed by atoms with Gasteiger partial charge >= 0.3 is 5.97 Å². The largest absolute Gasteiger partial charge is 0.458 e. The molecule has 5 aromatic rings. The molecule has 4 aliphatic rings. The summed E-state index contributed by atoms with van der Waals surface area (Å²) >= 11 is 6.41. The van der Waals surface area contributed by atoms with Crippen LogP contribution in [0.4, 0.5) is 0 Å². The predicted octanol–water partition coefficient (Wildman–Crippen LogP) is 22.4. The van der Waals surface area contributed by atoms with E-state index in [-0.39, 0.29) is 60.8 Å². The van der Waals surface area contributed by atoms with Crippen LogP contribution in [0.2, 0.25) is 0 Å². The third kappa shape index (κ3) is 32.9. The van der Waals surface area contributed by atoms with Crippen molar-refractivity contribution in [2.24, 2.45) is 36.6 Å². The Kier molecular flexibility index (Phi) is 35.0. The number of terminal acetylenes is 4. The minimum absolute atomic E-state index is 0.0417. The van der Waals surface area contributed by atoms with Gasteiger partial charge in [0.2, 0.25) is 0 Å². The van der Waals surface area contributed by atoms with Gasteiger partial charge in [-0.2, -0.15) is 8.75 Å². The molecule has 11 nitrogen and oxygen atoms in total. The number of nitrogens with one attached hydrogen (secondary N) is 1. The Balaban J connectivity index is 0.000000557. The third-order valence-corrected chi connectivity index (χ3v) is 18.7. The van der Waals surface area contributed by atoms with E-state index in [1.165, 1.54) is 44.1 Å². The fourth-order valence-electron chi connectivity index (χ4n) is 8.13. The number of aromatic amines is 1. The Hall–Kier alpha value is -7.63. The van der Waals surface area contributed by atoms with Gasteiger partial charge in [0.1, 0.15) is 27.5 Å². The van der Waals surface area contributed by atoms with Crippen LogP contribution in [0.5, 0.6) is 0 Å². The quantitative estimate of drug-likeness (QED) is 0.139.